The molecule has 1 aromatic carbocycles. The summed E-state index contributed by atoms with van der Waals surface area (Å²) in [5.74, 6) is -0.617. The number of carbonyl (C=O) groups is 3. The average molecular weight is 462 g/mol. The Morgan fingerprint density at radius 2 is 1.85 bits per heavy atom. The van der Waals surface area contributed by atoms with Crippen LogP contribution in [0.15, 0.2) is 29.1 Å². The van der Waals surface area contributed by atoms with Gasteiger partial charge in [-0.05, 0) is 45.2 Å². The quantitative estimate of drug-likeness (QED) is 0.564. The van der Waals surface area contributed by atoms with Crippen LogP contribution in [-0.2, 0) is 14.3 Å². The molecule has 0 fully saturated rings. The van der Waals surface area contributed by atoms with E-state index in [1.807, 2.05) is 13.8 Å². The summed E-state index contributed by atoms with van der Waals surface area (Å²) in [6.45, 7) is 9.04. The highest BCUT2D eigenvalue weighted by Gasteiger charge is 2.29. The highest BCUT2D eigenvalue weighted by atomic mass is 16.6. The Labute approximate surface area is 193 Å². The molecule has 0 aliphatic heterocycles. The SMILES string of the molecule is COC(=O)c1c(NC(=O)[C@@H](CC(C)C)NC(=O)OC(C)(C)C)ccc(-c2cnco2)c1OC. The van der Waals surface area contributed by atoms with Gasteiger partial charge in [0.1, 0.15) is 23.0 Å². The monoisotopic (exact) mass is 461 g/mol. The standard InChI is InChI=1S/C23H31N3O7/c1-13(2)10-16(26-22(29)33-23(3,4)5)20(27)25-15-9-8-14(17-11-24-12-32-17)19(30-6)18(15)21(28)31-7/h8-9,11-13,16H,10H2,1-7H3,(H,25,27)(H,26,29)/t16-/m1/s1. The van der Waals surface area contributed by atoms with Gasteiger partial charge in [-0.2, -0.15) is 0 Å². The molecule has 0 saturated heterocycles. The van der Waals surface area contributed by atoms with Gasteiger partial charge in [-0.25, -0.2) is 14.6 Å². The number of alkyl carbamates (subject to hydrolysis) is 1. The lowest BCUT2D eigenvalue weighted by molar-refractivity contribution is -0.118. The summed E-state index contributed by atoms with van der Waals surface area (Å²) in [6.07, 6.45) is 2.36. The third-order valence-electron chi connectivity index (χ3n) is 4.42. The summed E-state index contributed by atoms with van der Waals surface area (Å²) in [7, 11) is 2.61. The maximum atomic E-state index is 13.1. The number of methoxy groups -OCH3 is 2. The molecule has 0 aliphatic rings. The van der Waals surface area contributed by atoms with Crippen molar-refractivity contribution in [3.8, 4) is 17.1 Å². The summed E-state index contributed by atoms with van der Waals surface area (Å²) in [5.41, 5.74) is -0.0983. The van der Waals surface area contributed by atoms with Crippen molar-refractivity contribution in [3.63, 3.8) is 0 Å². The van der Waals surface area contributed by atoms with Crippen LogP contribution in [-0.4, -0.2) is 48.8 Å². The first-order valence-corrected chi connectivity index (χ1v) is 10.4. The van der Waals surface area contributed by atoms with Crippen LogP contribution in [0.4, 0.5) is 10.5 Å². The molecule has 0 radical (unpaired) electrons. The van der Waals surface area contributed by atoms with E-state index >= 15 is 0 Å². The predicted molar refractivity (Wildman–Crippen MR) is 121 cm³/mol. The van der Waals surface area contributed by atoms with Crippen molar-refractivity contribution in [3.05, 3.63) is 30.3 Å². The van der Waals surface area contributed by atoms with E-state index in [1.165, 1.54) is 32.9 Å². The second-order valence-electron chi connectivity index (χ2n) is 8.74. The molecule has 1 heterocycles. The third kappa shape index (κ3) is 6.96. The first-order chi connectivity index (χ1) is 15.5. The lowest BCUT2D eigenvalue weighted by atomic mass is 10.0. The number of anilines is 1. The molecule has 180 valence electrons. The van der Waals surface area contributed by atoms with Crippen molar-refractivity contribution < 1.29 is 33.0 Å². The molecule has 10 heteroatoms. The number of benzene rings is 1. The molecule has 2 aromatic rings. The van der Waals surface area contributed by atoms with Gasteiger partial charge in [0.25, 0.3) is 0 Å². The second-order valence-corrected chi connectivity index (χ2v) is 8.74. The van der Waals surface area contributed by atoms with Gasteiger partial charge < -0.3 is 29.3 Å². The number of nitrogens with one attached hydrogen (secondary N) is 2. The molecule has 0 spiro atoms. The summed E-state index contributed by atoms with van der Waals surface area (Å²) >= 11 is 0. The zero-order chi connectivity index (χ0) is 24.8. The van der Waals surface area contributed by atoms with E-state index in [2.05, 4.69) is 15.6 Å². The van der Waals surface area contributed by atoms with Crippen molar-refractivity contribution in [2.24, 2.45) is 5.92 Å². The zero-order valence-electron chi connectivity index (χ0n) is 20.0. The molecule has 0 unspecified atom stereocenters. The fraction of sp³-hybridized carbons (Fsp3) is 0.478. The molecule has 0 saturated carbocycles. The first-order valence-electron chi connectivity index (χ1n) is 10.4. The topological polar surface area (TPSA) is 129 Å². The van der Waals surface area contributed by atoms with Gasteiger partial charge in [0.2, 0.25) is 5.91 Å². The van der Waals surface area contributed by atoms with Crippen molar-refractivity contribution in [2.45, 2.75) is 52.7 Å². The largest absolute Gasteiger partial charge is 0.495 e. The Hall–Kier alpha value is -3.56. The number of rotatable bonds is 8. The molecule has 0 bridgehead atoms. The number of ether oxygens (including phenoxy) is 3. The van der Waals surface area contributed by atoms with E-state index in [1.54, 1.807) is 26.8 Å². The fourth-order valence-corrected chi connectivity index (χ4v) is 3.12. The summed E-state index contributed by atoms with van der Waals surface area (Å²) in [5, 5.41) is 5.32. The lowest BCUT2D eigenvalue weighted by Gasteiger charge is -2.24. The minimum atomic E-state index is -0.898. The molecule has 33 heavy (non-hydrogen) atoms. The number of amides is 2. The van der Waals surface area contributed by atoms with Crippen molar-refractivity contribution in [1.82, 2.24) is 10.3 Å². The highest BCUT2D eigenvalue weighted by Crippen LogP contribution is 2.38. The van der Waals surface area contributed by atoms with E-state index in [0.717, 1.165) is 0 Å². The number of oxazole rings is 1. The number of carbonyl (C=O) groups excluding carboxylic acids is 3. The maximum Gasteiger partial charge on any atom is 0.408 e. The van der Waals surface area contributed by atoms with E-state index in [-0.39, 0.29) is 22.9 Å². The molecule has 1 aromatic heterocycles. The number of esters is 1. The van der Waals surface area contributed by atoms with Crippen LogP contribution in [0.25, 0.3) is 11.3 Å². The van der Waals surface area contributed by atoms with Gasteiger partial charge in [0.15, 0.2) is 12.2 Å². The van der Waals surface area contributed by atoms with E-state index in [4.69, 9.17) is 18.6 Å². The molecule has 1 atom stereocenters. The Morgan fingerprint density at radius 1 is 1.15 bits per heavy atom. The fourth-order valence-electron chi connectivity index (χ4n) is 3.12. The zero-order valence-corrected chi connectivity index (χ0v) is 20.0. The van der Waals surface area contributed by atoms with Gasteiger partial charge in [-0.1, -0.05) is 13.8 Å². The molecule has 2 amide bonds. The number of nitrogens with zero attached hydrogens (tertiary/aromatic N) is 1. The average Bonchev–Trinajstić information content (AvgIpc) is 3.25. The van der Waals surface area contributed by atoms with Gasteiger partial charge in [-0.15, -0.1) is 0 Å². The van der Waals surface area contributed by atoms with E-state index in [0.29, 0.717) is 17.7 Å². The van der Waals surface area contributed by atoms with Crippen molar-refractivity contribution >= 4 is 23.7 Å². The molecule has 2 rings (SSSR count). The minimum Gasteiger partial charge on any atom is -0.495 e. The molecule has 10 nitrogen and oxygen atoms in total. The van der Waals surface area contributed by atoms with Gasteiger partial charge in [0.05, 0.1) is 31.7 Å². The number of hydrogen-bond acceptors (Lipinski definition) is 8. The van der Waals surface area contributed by atoms with Crippen LogP contribution < -0.4 is 15.4 Å². The van der Waals surface area contributed by atoms with E-state index < -0.39 is 29.6 Å². The summed E-state index contributed by atoms with van der Waals surface area (Å²) in [6, 6.07) is 2.26. The maximum absolute atomic E-state index is 13.1. The Bertz CT molecular complexity index is 979. The van der Waals surface area contributed by atoms with Crippen molar-refractivity contribution in [1.29, 1.82) is 0 Å². The number of aromatic nitrogens is 1. The Kier molecular flexibility index (Phi) is 8.44. The normalized spacial score (nSPS) is 12.1. The van der Waals surface area contributed by atoms with Gasteiger partial charge in [0, 0.05) is 0 Å². The van der Waals surface area contributed by atoms with Crippen LogP contribution in [0.2, 0.25) is 0 Å². The van der Waals surface area contributed by atoms with Crippen LogP contribution in [0.1, 0.15) is 51.4 Å². The Balaban J connectivity index is 2.40. The highest BCUT2D eigenvalue weighted by molar-refractivity contribution is 6.06. The molecular formula is C23H31N3O7. The van der Waals surface area contributed by atoms with Crippen LogP contribution in [0.3, 0.4) is 0 Å². The minimum absolute atomic E-state index is 0.00261. The van der Waals surface area contributed by atoms with Crippen LogP contribution >= 0.6 is 0 Å². The smallest absolute Gasteiger partial charge is 0.408 e. The molecular weight excluding hydrogens is 430 g/mol. The molecule has 0 aliphatic carbocycles. The van der Waals surface area contributed by atoms with E-state index in [9.17, 15) is 14.4 Å². The molecule has 2 N–H and O–H groups in total. The van der Waals surface area contributed by atoms with Gasteiger partial charge >= 0.3 is 12.1 Å². The number of hydrogen-bond donors (Lipinski definition) is 2. The second kappa shape index (κ2) is 10.8. The summed E-state index contributed by atoms with van der Waals surface area (Å²) in [4.78, 5) is 41.9. The summed E-state index contributed by atoms with van der Waals surface area (Å²) < 4.78 is 21.0. The lowest BCUT2D eigenvalue weighted by Crippen LogP contribution is -2.46. The van der Waals surface area contributed by atoms with Crippen LogP contribution in [0, 0.1) is 5.92 Å². The third-order valence-corrected chi connectivity index (χ3v) is 4.42. The predicted octanol–water partition coefficient (Wildman–Crippen LogP) is 4.01. The van der Waals surface area contributed by atoms with Gasteiger partial charge in [-0.3, -0.25) is 4.79 Å². The first kappa shape index (κ1) is 25.7. The Morgan fingerprint density at radius 3 is 2.36 bits per heavy atom. The van der Waals surface area contributed by atoms with Crippen LogP contribution in [0.5, 0.6) is 5.75 Å². The van der Waals surface area contributed by atoms with Crippen molar-refractivity contribution in [2.75, 3.05) is 19.5 Å².